The molecule has 2 rings (SSSR count). The summed E-state index contributed by atoms with van der Waals surface area (Å²) >= 11 is 0. The van der Waals surface area contributed by atoms with Crippen LogP contribution in [0.1, 0.15) is 0 Å². The van der Waals surface area contributed by atoms with Crippen LogP contribution in [0.3, 0.4) is 0 Å². The summed E-state index contributed by atoms with van der Waals surface area (Å²) in [6, 6.07) is 8.00. The van der Waals surface area contributed by atoms with Crippen molar-refractivity contribution in [2.75, 3.05) is 0 Å². The molecule has 0 radical (unpaired) electrons. The first-order chi connectivity index (χ1) is 6.97. The number of rotatable bonds is 0. The highest BCUT2D eigenvalue weighted by atomic mass is 35.7. The molecule has 1 heterocycles. The molecule has 6 nitrogen and oxygen atoms in total. The standard InChI is InChI=1S/C8H6N2.ClHO4/c1-2-4-8-7(3-1)5-9-6-10-8;2-1(3,4)5/h1-6H;(H,2,3,4,5). The molecule has 1 aromatic carbocycles. The number of halogens is 1. The molecule has 0 unspecified atom stereocenters. The lowest BCUT2D eigenvalue weighted by Crippen LogP contribution is -2.68. The van der Waals surface area contributed by atoms with E-state index in [1.165, 1.54) is 0 Å². The van der Waals surface area contributed by atoms with E-state index in [0.717, 1.165) is 10.9 Å². The van der Waals surface area contributed by atoms with Gasteiger partial charge in [-0.25, -0.2) is 23.6 Å². The number of benzene rings is 1. The Morgan fingerprint density at radius 3 is 2.27 bits per heavy atom. The van der Waals surface area contributed by atoms with Gasteiger partial charge in [-0.15, -0.1) is 10.2 Å². The second-order valence-corrected chi connectivity index (χ2v) is 3.26. The van der Waals surface area contributed by atoms with E-state index in [1.54, 1.807) is 6.33 Å². The highest BCUT2D eigenvalue weighted by molar-refractivity contribution is 5.76. The largest absolute Gasteiger partial charge is 0.284 e. The third kappa shape index (κ3) is 5.21. The molecule has 0 spiro atoms. The minimum Gasteiger partial charge on any atom is -0.250 e. The summed E-state index contributed by atoms with van der Waals surface area (Å²) in [5.74, 6) is 0. The Balaban J connectivity index is 0.000000195. The van der Waals surface area contributed by atoms with Crippen molar-refractivity contribution >= 4 is 10.9 Å². The van der Waals surface area contributed by atoms with Crippen LogP contribution in [0.25, 0.3) is 10.9 Å². The van der Waals surface area contributed by atoms with Crippen LogP contribution in [0.4, 0.5) is 0 Å². The van der Waals surface area contributed by atoms with Crippen molar-refractivity contribution in [3.05, 3.63) is 36.8 Å². The number of aromatic nitrogens is 2. The first kappa shape index (κ1) is 11.8. The van der Waals surface area contributed by atoms with E-state index in [-0.39, 0.29) is 0 Å². The average Bonchev–Trinajstić information content (AvgIpc) is 2.16. The van der Waals surface area contributed by atoms with E-state index >= 15 is 0 Å². The maximum atomic E-state index is 8.49. The van der Waals surface area contributed by atoms with Crippen LogP contribution in [0.5, 0.6) is 0 Å². The lowest BCUT2D eigenvalue weighted by Gasteiger charge is -2.17. The van der Waals surface area contributed by atoms with Crippen molar-refractivity contribution in [1.82, 2.24) is 4.98 Å². The highest BCUT2D eigenvalue weighted by Gasteiger charge is 1.94. The van der Waals surface area contributed by atoms with Gasteiger partial charge in [-0.05, 0) is 17.1 Å². The van der Waals surface area contributed by atoms with Gasteiger partial charge in [-0.3, -0.25) is 0 Å². The summed E-state index contributed by atoms with van der Waals surface area (Å²) in [6.07, 6.45) is 3.62. The summed E-state index contributed by atoms with van der Waals surface area (Å²) in [5, 5.41) is 1.14. The Morgan fingerprint density at radius 1 is 1.07 bits per heavy atom. The zero-order valence-electron chi connectivity index (χ0n) is 7.42. The zero-order valence-corrected chi connectivity index (χ0v) is 8.18. The Labute approximate surface area is 87.2 Å². The van der Waals surface area contributed by atoms with Crippen molar-refractivity contribution in [2.45, 2.75) is 0 Å². The van der Waals surface area contributed by atoms with Gasteiger partial charge in [0, 0.05) is 0 Å². The van der Waals surface area contributed by atoms with Gasteiger partial charge < -0.3 is 0 Å². The smallest absolute Gasteiger partial charge is 0.250 e. The van der Waals surface area contributed by atoms with E-state index in [9.17, 15) is 0 Å². The maximum Gasteiger partial charge on any atom is 0.284 e. The molecule has 1 N–H and O–H groups in total. The van der Waals surface area contributed by atoms with Gasteiger partial charge in [0.1, 0.15) is 0 Å². The van der Waals surface area contributed by atoms with E-state index in [1.807, 2.05) is 30.5 Å². The molecule has 0 aliphatic heterocycles. The van der Waals surface area contributed by atoms with E-state index in [2.05, 4.69) is 9.97 Å². The fourth-order valence-electron chi connectivity index (χ4n) is 0.961. The fourth-order valence-corrected chi connectivity index (χ4v) is 0.961. The molecule has 0 atom stereocenters. The van der Waals surface area contributed by atoms with Crippen LogP contribution in [0.2, 0.25) is 0 Å². The maximum absolute atomic E-state index is 8.49. The lowest BCUT2D eigenvalue weighted by molar-refractivity contribution is -2.00. The quantitative estimate of drug-likeness (QED) is 0.461. The number of para-hydroxylation sites is 1. The minimum atomic E-state index is -4.94. The van der Waals surface area contributed by atoms with Crippen LogP contribution in [-0.4, -0.2) is 4.98 Å². The van der Waals surface area contributed by atoms with Crippen LogP contribution >= 0.6 is 0 Å². The van der Waals surface area contributed by atoms with Gasteiger partial charge in [0.2, 0.25) is 0 Å². The Kier molecular flexibility index (Phi) is 3.89. The second-order valence-electron chi connectivity index (χ2n) is 2.51. The second kappa shape index (κ2) is 4.96. The molecular formula is C8H7ClN2O4. The Hall–Kier alpha value is -1.31. The van der Waals surface area contributed by atoms with Gasteiger partial charge in [0.25, 0.3) is 6.33 Å². The summed E-state index contributed by atoms with van der Waals surface area (Å²) in [5.41, 5.74) is 1.03. The molecule has 7 heteroatoms. The van der Waals surface area contributed by atoms with Crippen LogP contribution in [0, 0.1) is 10.2 Å². The molecular weight excluding hydrogens is 224 g/mol. The first-order valence-corrected chi connectivity index (χ1v) is 5.03. The summed E-state index contributed by atoms with van der Waals surface area (Å²) < 4.78 is 34.0. The average molecular weight is 231 g/mol. The van der Waals surface area contributed by atoms with Crippen LogP contribution < -0.4 is 23.6 Å². The van der Waals surface area contributed by atoms with Crippen molar-refractivity contribution in [3.63, 3.8) is 0 Å². The number of nitrogens with one attached hydrogen (secondary N) is 1. The predicted molar refractivity (Wildman–Crippen MR) is 38.3 cm³/mol. The van der Waals surface area contributed by atoms with Crippen LogP contribution in [0.15, 0.2) is 36.8 Å². The molecule has 0 aliphatic rings. The minimum absolute atomic E-state index is 1.03. The molecule has 80 valence electrons. The van der Waals surface area contributed by atoms with Gasteiger partial charge in [0.05, 0.1) is 11.6 Å². The number of hydrogen-bond acceptors (Lipinski definition) is 5. The molecule has 15 heavy (non-hydrogen) atoms. The third-order valence-corrected chi connectivity index (χ3v) is 1.45. The fraction of sp³-hybridized carbons (Fsp3) is 0. The van der Waals surface area contributed by atoms with Gasteiger partial charge in [-0.2, -0.15) is 0 Å². The molecule has 0 bridgehead atoms. The highest BCUT2D eigenvalue weighted by Crippen LogP contribution is 2.04. The molecule has 0 amide bonds. The third-order valence-electron chi connectivity index (χ3n) is 1.45. The van der Waals surface area contributed by atoms with E-state index < -0.39 is 10.2 Å². The van der Waals surface area contributed by atoms with Crippen molar-refractivity contribution in [3.8, 4) is 0 Å². The SMILES string of the molecule is [O-][Cl+3]([O-])([O-])[O-].c1ccc2nc[nH+]cc2c1. The number of hydrogen-bond donors (Lipinski definition) is 0. The first-order valence-electron chi connectivity index (χ1n) is 3.79. The molecule has 0 saturated heterocycles. The molecule has 0 fully saturated rings. The topological polar surface area (TPSA) is 119 Å². The number of nitrogens with zero attached hydrogens (tertiary/aromatic N) is 1. The van der Waals surface area contributed by atoms with E-state index in [0.29, 0.717) is 0 Å². The number of H-pyrrole nitrogens is 1. The van der Waals surface area contributed by atoms with Crippen molar-refractivity contribution in [1.29, 1.82) is 0 Å². The molecule has 0 aliphatic carbocycles. The van der Waals surface area contributed by atoms with Gasteiger partial charge in [-0.1, -0.05) is 12.1 Å². The Morgan fingerprint density at radius 2 is 1.67 bits per heavy atom. The Bertz CT molecular complexity index is 361. The normalized spacial score (nSPS) is 10.7. The number of aromatic amines is 1. The number of fused-ring (bicyclic) bond motifs is 1. The monoisotopic (exact) mass is 230 g/mol. The molecule has 1 aromatic heterocycles. The van der Waals surface area contributed by atoms with Gasteiger partial charge >= 0.3 is 0 Å². The molecule has 2 aromatic rings. The van der Waals surface area contributed by atoms with Gasteiger partial charge in [0.15, 0.2) is 5.52 Å². The zero-order chi connectivity index (χ0) is 11.3. The van der Waals surface area contributed by atoms with Crippen molar-refractivity contribution in [2.24, 2.45) is 0 Å². The lowest BCUT2D eigenvalue weighted by atomic mass is 10.2. The van der Waals surface area contributed by atoms with Crippen molar-refractivity contribution < 1.29 is 33.9 Å². The van der Waals surface area contributed by atoms with Crippen LogP contribution in [-0.2, 0) is 0 Å². The summed E-state index contributed by atoms with van der Waals surface area (Å²) in [7, 11) is -4.94. The van der Waals surface area contributed by atoms with E-state index in [4.69, 9.17) is 18.6 Å². The summed E-state index contributed by atoms with van der Waals surface area (Å²) in [6.45, 7) is 0. The predicted octanol–water partition coefficient (Wildman–Crippen LogP) is -3.71. The molecule has 0 saturated carbocycles. The summed E-state index contributed by atoms with van der Waals surface area (Å²) in [4.78, 5) is 7.05.